The normalized spacial score (nSPS) is 13.6. The summed E-state index contributed by atoms with van der Waals surface area (Å²) in [5.74, 6) is 0.145. The molecule has 2 heterocycles. The van der Waals surface area contributed by atoms with Crippen molar-refractivity contribution in [3.8, 4) is 39.1 Å². The first-order chi connectivity index (χ1) is 27.3. The number of furan rings is 1. The van der Waals surface area contributed by atoms with Gasteiger partial charge in [-0.2, -0.15) is 0 Å². The Morgan fingerprint density at radius 2 is 0.982 bits per heavy atom. The molecule has 0 spiro atoms. The van der Waals surface area contributed by atoms with Crippen LogP contribution in [-0.2, 0) is 0 Å². The van der Waals surface area contributed by atoms with Gasteiger partial charge in [0.2, 0.25) is 0 Å². The van der Waals surface area contributed by atoms with Crippen LogP contribution in [0.2, 0.25) is 0 Å². The Kier molecular flexibility index (Phi) is 6.43. The van der Waals surface area contributed by atoms with Crippen LogP contribution in [0.4, 0.5) is 0 Å². The molecule has 0 fully saturated rings. The van der Waals surface area contributed by atoms with Crippen LogP contribution < -0.4 is 0 Å². The molecule has 0 saturated heterocycles. The van der Waals surface area contributed by atoms with Crippen LogP contribution >= 0.6 is 0 Å². The summed E-state index contributed by atoms with van der Waals surface area (Å²) in [4.78, 5) is 0. The summed E-state index contributed by atoms with van der Waals surface area (Å²) in [6.45, 7) is 0. The van der Waals surface area contributed by atoms with Crippen molar-refractivity contribution >= 4 is 54.5 Å². The molecule has 12 rings (SSSR count). The van der Waals surface area contributed by atoms with Gasteiger partial charge in [-0.25, -0.2) is 0 Å². The van der Waals surface area contributed by atoms with Crippen molar-refractivity contribution in [2.45, 2.75) is 5.92 Å². The van der Waals surface area contributed by atoms with Gasteiger partial charge >= 0.3 is 0 Å². The van der Waals surface area contributed by atoms with Crippen molar-refractivity contribution in [3.63, 3.8) is 0 Å². The number of rotatable bonds is 4. The van der Waals surface area contributed by atoms with Crippen molar-refractivity contribution in [3.05, 3.63) is 211 Å². The van der Waals surface area contributed by atoms with E-state index in [9.17, 15) is 0 Å². The minimum atomic E-state index is 0.145. The lowest BCUT2D eigenvalue weighted by Crippen LogP contribution is -2.00. The van der Waals surface area contributed by atoms with Crippen LogP contribution in [0.25, 0.3) is 93.6 Å². The van der Waals surface area contributed by atoms with Gasteiger partial charge in [-0.05, 0) is 115 Å². The molecule has 0 N–H and O–H groups in total. The maximum Gasteiger partial charge on any atom is 0.135 e. The molecular weight excluding hydrogens is 667 g/mol. The SMILES string of the molecule is c1ccc(-n2c3ccccc3c3ccc(-c4ccc5c(c4)-c4ccccc4C5c4cccc5cc(-c6ccc7oc8ccccc8c7c6)ccc45)cc32)cc1. The highest BCUT2D eigenvalue weighted by atomic mass is 16.3. The standard InChI is InChI=1S/C53H33NO/c1-2-12-38(13-3-1)54-49-19-8-6-15-41(49)42-26-22-36(32-50(42)54)34-23-27-46-47(30-34)40-14-4-5-17-45(40)53(46)44-18-10-11-37-29-33(21-25-39(37)44)35-24-28-52-48(31-35)43-16-7-9-20-51(43)55-52/h1-32,53H. The number of hydrogen-bond donors (Lipinski definition) is 0. The molecule has 0 bridgehead atoms. The van der Waals surface area contributed by atoms with E-state index in [4.69, 9.17) is 4.42 Å². The first-order valence-electron chi connectivity index (χ1n) is 19.0. The molecule has 256 valence electrons. The quantitative estimate of drug-likeness (QED) is 0.179. The van der Waals surface area contributed by atoms with Crippen LogP contribution in [0.5, 0.6) is 0 Å². The highest BCUT2D eigenvalue weighted by molar-refractivity contribution is 6.10. The Hall–Kier alpha value is -7.16. The van der Waals surface area contributed by atoms with Crippen molar-refractivity contribution in [2.24, 2.45) is 0 Å². The van der Waals surface area contributed by atoms with Crippen LogP contribution in [0, 0.1) is 0 Å². The predicted molar refractivity (Wildman–Crippen MR) is 229 cm³/mol. The molecule has 11 aromatic rings. The second-order valence-electron chi connectivity index (χ2n) is 14.8. The van der Waals surface area contributed by atoms with E-state index in [1.165, 1.54) is 88.3 Å². The molecule has 0 saturated carbocycles. The molecule has 0 radical (unpaired) electrons. The predicted octanol–water partition coefficient (Wildman–Crippen LogP) is 14.3. The lowest BCUT2D eigenvalue weighted by atomic mass is 9.85. The summed E-state index contributed by atoms with van der Waals surface area (Å²) in [6.07, 6.45) is 0. The van der Waals surface area contributed by atoms with Gasteiger partial charge in [0.15, 0.2) is 0 Å². The second-order valence-corrected chi connectivity index (χ2v) is 14.8. The van der Waals surface area contributed by atoms with E-state index in [0.717, 1.165) is 21.9 Å². The molecule has 0 amide bonds. The van der Waals surface area contributed by atoms with Crippen LogP contribution in [0.3, 0.4) is 0 Å². The maximum absolute atomic E-state index is 6.12. The summed E-state index contributed by atoms with van der Waals surface area (Å²) in [7, 11) is 0. The molecule has 55 heavy (non-hydrogen) atoms. The molecule has 9 aromatic carbocycles. The lowest BCUT2D eigenvalue weighted by molar-refractivity contribution is 0.669. The van der Waals surface area contributed by atoms with Crippen LogP contribution in [0.1, 0.15) is 22.6 Å². The fourth-order valence-electron chi connectivity index (χ4n) is 9.37. The first-order valence-corrected chi connectivity index (χ1v) is 19.0. The number of benzene rings is 9. The summed E-state index contributed by atoms with van der Waals surface area (Å²) >= 11 is 0. The molecular formula is C53H33NO. The average molecular weight is 700 g/mol. The summed E-state index contributed by atoms with van der Waals surface area (Å²) in [5.41, 5.74) is 17.0. The van der Waals surface area contributed by atoms with E-state index in [2.05, 4.69) is 187 Å². The fraction of sp³-hybridized carbons (Fsp3) is 0.0189. The van der Waals surface area contributed by atoms with Crippen LogP contribution in [0.15, 0.2) is 199 Å². The molecule has 1 aliphatic carbocycles. The van der Waals surface area contributed by atoms with Crippen molar-refractivity contribution in [1.29, 1.82) is 0 Å². The maximum atomic E-state index is 6.12. The number of para-hydroxylation sites is 3. The Bertz CT molecular complexity index is 3330. The Balaban J connectivity index is 0.972. The van der Waals surface area contributed by atoms with Crippen molar-refractivity contribution in [2.75, 3.05) is 0 Å². The third-order valence-electron chi connectivity index (χ3n) is 11.9. The second kappa shape index (κ2) is 11.7. The number of aromatic nitrogens is 1. The van der Waals surface area contributed by atoms with Gasteiger partial charge in [-0.3, -0.25) is 0 Å². The highest BCUT2D eigenvalue weighted by Gasteiger charge is 2.31. The number of nitrogens with zero attached hydrogens (tertiary/aromatic N) is 1. The first kappa shape index (κ1) is 30.3. The van der Waals surface area contributed by atoms with Crippen LogP contribution in [-0.4, -0.2) is 4.57 Å². The fourth-order valence-corrected chi connectivity index (χ4v) is 9.37. The van der Waals surface area contributed by atoms with Crippen molar-refractivity contribution < 1.29 is 4.42 Å². The third-order valence-corrected chi connectivity index (χ3v) is 11.9. The molecule has 1 atom stereocenters. The van der Waals surface area contributed by atoms with Gasteiger partial charge in [-0.1, -0.05) is 140 Å². The highest BCUT2D eigenvalue weighted by Crippen LogP contribution is 2.51. The molecule has 2 heteroatoms. The van der Waals surface area contributed by atoms with Gasteiger partial charge < -0.3 is 8.98 Å². The zero-order valence-electron chi connectivity index (χ0n) is 29.9. The van der Waals surface area contributed by atoms with E-state index in [1.807, 2.05) is 12.1 Å². The third kappa shape index (κ3) is 4.55. The minimum absolute atomic E-state index is 0.145. The monoisotopic (exact) mass is 699 g/mol. The molecule has 2 aromatic heterocycles. The van der Waals surface area contributed by atoms with Crippen molar-refractivity contribution in [1.82, 2.24) is 4.57 Å². The summed E-state index contributed by atoms with van der Waals surface area (Å²) in [5, 5.41) is 7.38. The topological polar surface area (TPSA) is 18.1 Å². The van der Waals surface area contributed by atoms with E-state index >= 15 is 0 Å². The van der Waals surface area contributed by atoms with Gasteiger partial charge in [0.1, 0.15) is 11.2 Å². The number of fused-ring (bicyclic) bond motifs is 10. The number of hydrogen-bond acceptors (Lipinski definition) is 1. The molecule has 1 unspecified atom stereocenters. The largest absolute Gasteiger partial charge is 0.456 e. The van der Waals surface area contributed by atoms with Gasteiger partial charge in [-0.15, -0.1) is 0 Å². The van der Waals surface area contributed by atoms with E-state index in [-0.39, 0.29) is 5.92 Å². The summed E-state index contributed by atoms with van der Waals surface area (Å²) in [6, 6.07) is 71.1. The molecule has 1 aliphatic rings. The molecule has 2 nitrogen and oxygen atoms in total. The van der Waals surface area contributed by atoms with E-state index in [0.29, 0.717) is 0 Å². The zero-order chi connectivity index (χ0) is 36.0. The average Bonchev–Trinajstić information content (AvgIpc) is 3.90. The Labute approximate surface area is 318 Å². The summed E-state index contributed by atoms with van der Waals surface area (Å²) < 4.78 is 8.52. The smallest absolute Gasteiger partial charge is 0.135 e. The zero-order valence-corrected chi connectivity index (χ0v) is 29.9. The lowest BCUT2D eigenvalue weighted by Gasteiger charge is -2.18. The van der Waals surface area contributed by atoms with Gasteiger partial charge in [0.25, 0.3) is 0 Å². The van der Waals surface area contributed by atoms with E-state index < -0.39 is 0 Å². The van der Waals surface area contributed by atoms with Gasteiger partial charge in [0.05, 0.1) is 11.0 Å². The molecule has 0 aliphatic heterocycles. The van der Waals surface area contributed by atoms with Gasteiger partial charge in [0, 0.05) is 33.2 Å². The minimum Gasteiger partial charge on any atom is -0.456 e. The van der Waals surface area contributed by atoms with E-state index in [1.54, 1.807) is 0 Å². The Morgan fingerprint density at radius 3 is 1.91 bits per heavy atom. The Morgan fingerprint density at radius 1 is 0.345 bits per heavy atom.